The van der Waals surface area contributed by atoms with Crippen LogP contribution in [0.1, 0.15) is 11.1 Å². The predicted molar refractivity (Wildman–Crippen MR) is 77.6 cm³/mol. The van der Waals surface area contributed by atoms with Gasteiger partial charge in [-0.1, -0.05) is 30.8 Å². The lowest BCUT2D eigenvalue weighted by atomic mass is 9.99. The smallest absolute Gasteiger partial charge is 0.118 e. The lowest BCUT2D eigenvalue weighted by Crippen LogP contribution is -1.89. The molecule has 2 rings (SSSR count). The highest BCUT2D eigenvalue weighted by Crippen LogP contribution is 2.25. The van der Waals surface area contributed by atoms with Crippen LogP contribution in [0.25, 0.3) is 5.57 Å². The first-order valence-electron chi connectivity index (χ1n) is 5.97. The van der Waals surface area contributed by atoms with E-state index in [-0.39, 0.29) is 0 Å². The van der Waals surface area contributed by atoms with E-state index in [1.165, 1.54) is 0 Å². The number of rotatable bonds is 4. The first kappa shape index (κ1) is 13.0. The molecule has 0 saturated heterocycles. The number of hydrogen-bond donors (Lipinski definition) is 0. The van der Waals surface area contributed by atoms with E-state index in [0.717, 1.165) is 28.2 Å². The topological polar surface area (TPSA) is 18.5 Å². The largest absolute Gasteiger partial charge is 0.497 e. The van der Waals surface area contributed by atoms with Crippen molar-refractivity contribution in [1.82, 2.24) is 0 Å². The quantitative estimate of drug-likeness (QED) is 0.768. The highest BCUT2D eigenvalue weighted by Gasteiger charge is 2.05. The number of methoxy groups -OCH3 is 2. The average molecular weight is 252 g/mol. The summed E-state index contributed by atoms with van der Waals surface area (Å²) in [6, 6.07) is 15.7. The van der Waals surface area contributed by atoms with Crippen molar-refractivity contribution in [2.24, 2.45) is 0 Å². The van der Waals surface area contributed by atoms with Gasteiger partial charge in [0.15, 0.2) is 0 Å². The van der Waals surface area contributed by atoms with Crippen molar-refractivity contribution in [1.29, 1.82) is 0 Å². The Balaban J connectivity index is 2.35. The van der Waals surface area contributed by atoms with Gasteiger partial charge in [0.05, 0.1) is 14.2 Å². The summed E-state index contributed by atoms with van der Waals surface area (Å²) >= 11 is 0. The summed E-state index contributed by atoms with van der Waals surface area (Å²) in [5, 5.41) is 0. The second-order valence-corrected chi connectivity index (χ2v) is 4.01. The zero-order valence-corrected chi connectivity index (χ0v) is 11.1. The first-order valence-corrected chi connectivity index (χ1v) is 5.97. The Kier molecular flexibility index (Phi) is 4.07. The van der Waals surface area contributed by atoms with Crippen LogP contribution in [-0.4, -0.2) is 14.2 Å². The Morgan fingerprint density at radius 3 is 1.42 bits per heavy atom. The summed E-state index contributed by atoms with van der Waals surface area (Å²) in [5.41, 5.74) is 6.07. The van der Waals surface area contributed by atoms with Gasteiger partial charge in [-0.15, -0.1) is 5.73 Å². The maximum Gasteiger partial charge on any atom is 0.118 e. The minimum atomic E-state index is 0.835. The molecule has 2 heteroatoms. The van der Waals surface area contributed by atoms with Crippen LogP contribution in [0.4, 0.5) is 0 Å². The molecular weight excluding hydrogens is 236 g/mol. The molecule has 0 amide bonds. The summed E-state index contributed by atoms with van der Waals surface area (Å²) in [5.74, 6) is 1.67. The van der Waals surface area contributed by atoms with Crippen LogP contribution < -0.4 is 9.47 Å². The van der Waals surface area contributed by atoms with Crippen molar-refractivity contribution in [2.75, 3.05) is 14.2 Å². The zero-order chi connectivity index (χ0) is 13.7. The number of hydrogen-bond acceptors (Lipinski definition) is 2. The first-order chi connectivity index (χ1) is 9.28. The van der Waals surface area contributed by atoms with Gasteiger partial charge < -0.3 is 9.47 Å². The van der Waals surface area contributed by atoms with Gasteiger partial charge >= 0.3 is 0 Å². The molecule has 2 aromatic carbocycles. The second kappa shape index (κ2) is 5.94. The fraction of sp³-hybridized carbons (Fsp3) is 0.118. The summed E-state index contributed by atoms with van der Waals surface area (Å²) in [6.45, 7) is 3.77. The van der Waals surface area contributed by atoms with Crippen molar-refractivity contribution in [3.8, 4) is 11.5 Å². The van der Waals surface area contributed by atoms with E-state index in [9.17, 15) is 0 Å². The van der Waals surface area contributed by atoms with Crippen LogP contribution in [0.2, 0.25) is 0 Å². The van der Waals surface area contributed by atoms with Crippen molar-refractivity contribution >= 4 is 5.57 Å². The Labute approximate surface area is 113 Å². The molecule has 0 radical (unpaired) electrons. The predicted octanol–water partition coefficient (Wildman–Crippen LogP) is 3.92. The molecule has 96 valence electrons. The summed E-state index contributed by atoms with van der Waals surface area (Å²) < 4.78 is 10.3. The van der Waals surface area contributed by atoms with E-state index < -0.39 is 0 Å². The third-order valence-electron chi connectivity index (χ3n) is 2.93. The molecule has 0 spiro atoms. The highest BCUT2D eigenvalue weighted by molar-refractivity contribution is 5.79. The van der Waals surface area contributed by atoms with Crippen molar-refractivity contribution in [3.63, 3.8) is 0 Å². The van der Waals surface area contributed by atoms with Gasteiger partial charge in [-0.3, -0.25) is 0 Å². The molecule has 0 N–H and O–H groups in total. The van der Waals surface area contributed by atoms with E-state index in [2.05, 4.69) is 12.3 Å². The number of benzene rings is 2. The summed E-state index contributed by atoms with van der Waals surface area (Å²) in [6.07, 6.45) is 0. The van der Waals surface area contributed by atoms with Crippen molar-refractivity contribution in [3.05, 3.63) is 72.0 Å². The Morgan fingerprint density at radius 2 is 1.16 bits per heavy atom. The van der Waals surface area contributed by atoms with E-state index in [1.54, 1.807) is 14.2 Å². The average Bonchev–Trinajstić information content (AvgIpc) is 2.49. The fourth-order valence-corrected chi connectivity index (χ4v) is 1.89. The van der Waals surface area contributed by atoms with Crippen molar-refractivity contribution in [2.45, 2.75) is 0 Å². The molecule has 0 aliphatic carbocycles. The van der Waals surface area contributed by atoms with Crippen molar-refractivity contribution < 1.29 is 9.47 Å². The van der Waals surface area contributed by atoms with Crippen LogP contribution in [-0.2, 0) is 0 Å². The molecule has 0 aliphatic rings. The van der Waals surface area contributed by atoms with E-state index >= 15 is 0 Å². The van der Waals surface area contributed by atoms with Crippen LogP contribution in [0.3, 0.4) is 0 Å². The molecule has 0 fully saturated rings. The second-order valence-electron chi connectivity index (χ2n) is 4.01. The van der Waals surface area contributed by atoms with Gasteiger partial charge in [-0.25, -0.2) is 0 Å². The number of ether oxygens (including phenoxy) is 2. The molecule has 2 aromatic rings. The Hall–Kier alpha value is -2.44. The zero-order valence-electron chi connectivity index (χ0n) is 11.1. The molecule has 2 nitrogen and oxygen atoms in total. The third kappa shape index (κ3) is 2.87. The van der Waals surface area contributed by atoms with Crippen LogP contribution in [0, 0.1) is 0 Å². The Bertz CT molecular complexity index is 539. The lowest BCUT2D eigenvalue weighted by molar-refractivity contribution is 0.414. The molecule has 0 unspecified atom stereocenters. The van der Waals surface area contributed by atoms with E-state index in [4.69, 9.17) is 9.47 Å². The van der Waals surface area contributed by atoms with Crippen LogP contribution in [0.15, 0.2) is 60.8 Å². The molecule has 0 saturated carbocycles. The highest BCUT2D eigenvalue weighted by atomic mass is 16.5. The third-order valence-corrected chi connectivity index (χ3v) is 2.93. The molecule has 0 bridgehead atoms. The Morgan fingerprint density at radius 1 is 0.789 bits per heavy atom. The molecular formula is C17H16O2. The van der Waals surface area contributed by atoms with Gasteiger partial charge in [-0.2, -0.15) is 0 Å². The van der Waals surface area contributed by atoms with Gasteiger partial charge in [0.2, 0.25) is 0 Å². The minimum Gasteiger partial charge on any atom is -0.497 e. The standard InChI is InChI=1S/C17H16O2/c1-4-17(13-5-9-15(18-2)10-6-13)14-7-11-16(19-3)12-8-14/h5-12H,1H2,2-3H3. The molecule has 0 aromatic heterocycles. The monoisotopic (exact) mass is 252 g/mol. The van der Waals surface area contributed by atoms with E-state index in [0.29, 0.717) is 0 Å². The maximum atomic E-state index is 5.16. The molecule has 0 atom stereocenters. The minimum absolute atomic E-state index is 0.835. The lowest BCUT2D eigenvalue weighted by Gasteiger charge is -2.08. The molecule has 0 heterocycles. The van der Waals surface area contributed by atoms with E-state index in [1.807, 2.05) is 48.5 Å². The molecule has 0 aliphatic heterocycles. The summed E-state index contributed by atoms with van der Waals surface area (Å²) in [4.78, 5) is 0. The van der Waals surface area contributed by atoms with Gasteiger partial charge in [0.1, 0.15) is 11.5 Å². The fourth-order valence-electron chi connectivity index (χ4n) is 1.89. The SMILES string of the molecule is C=C=C(c1ccc(OC)cc1)c1ccc(OC)cc1. The van der Waals surface area contributed by atoms with Gasteiger partial charge in [0.25, 0.3) is 0 Å². The van der Waals surface area contributed by atoms with Gasteiger partial charge in [0, 0.05) is 5.57 Å². The normalized spacial score (nSPS) is 9.58. The summed E-state index contributed by atoms with van der Waals surface area (Å²) in [7, 11) is 3.31. The maximum absolute atomic E-state index is 5.16. The molecule has 19 heavy (non-hydrogen) atoms. The van der Waals surface area contributed by atoms with Crippen LogP contribution >= 0.6 is 0 Å². The van der Waals surface area contributed by atoms with Crippen LogP contribution in [0.5, 0.6) is 11.5 Å². The van der Waals surface area contributed by atoms with Gasteiger partial charge in [-0.05, 0) is 35.4 Å².